The fourth-order valence-electron chi connectivity index (χ4n) is 2.01. The Hall–Kier alpha value is -2.97. The van der Waals surface area contributed by atoms with Gasteiger partial charge in [-0.05, 0) is 42.0 Å². The maximum Gasteiger partial charge on any atom is 0.147 e. The van der Waals surface area contributed by atoms with E-state index in [9.17, 15) is 0 Å². The lowest BCUT2D eigenvalue weighted by atomic mass is 10.1. The van der Waals surface area contributed by atoms with Gasteiger partial charge < -0.3 is 15.0 Å². The van der Waals surface area contributed by atoms with Crippen LogP contribution < -0.4 is 10.5 Å². The van der Waals surface area contributed by atoms with Crippen molar-refractivity contribution < 1.29 is 9.26 Å². The van der Waals surface area contributed by atoms with Crippen LogP contribution in [0, 0.1) is 11.3 Å². The van der Waals surface area contributed by atoms with E-state index in [1.807, 2.05) is 36.4 Å². The number of nitrogens with zero attached hydrogens (tertiary/aromatic N) is 2. The van der Waals surface area contributed by atoms with Crippen LogP contribution in [0.15, 0.2) is 59.3 Å². The molecule has 0 amide bonds. The molecule has 23 heavy (non-hydrogen) atoms. The zero-order valence-electron chi connectivity index (χ0n) is 12.1. The number of halogens is 1. The first-order chi connectivity index (χ1) is 10.8. The molecule has 1 heterocycles. The SMILES string of the molecule is Cl.N#Cc1ccc(COc2ccc(-c3nocc3N)cc2)cc1. The van der Waals surface area contributed by atoms with Gasteiger partial charge in [-0.1, -0.05) is 17.3 Å². The molecule has 0 unspecified atom stereocenters. The first kappa shape index (κ1) is 16.4. The zero-order valence-corrected chi connectivity index (χ0v) is 12.9. The predicted molar refractivity (Wildman–Crippen MR) is 89.1 cm³/mol. The molecular formula is C17H14ClN3O2. The van der Waals surface area contributed by atoms with Crippen molar-refractivity contribution >= 4 is 18.1 Å². The second-order valence-electron chi connectivity index (χ2n) is 4.74. The average molecular weight is 328 g/mol. The Labute approximate surface area is 139 Å². The third kappa shape index (κ3) is 3.82. The second-order valence-corrected chi connectivity index (χ2v) is 4.74. The molecule has 0 spiro atoms. The lowest BCUT2D eigenvalue weighted by molar-refractivity contribution is 0.306. The van der Waals surface area contributed by atoms with E-state index in [-0.39, 0.29) is 12.4 Å². The molecule has 0 saturated carbocycles. The highest BCUT2D eigenvalue weighted by Crippen LogP contribution is 2.26. The molecule has 0 bridgehead atoms. The fourth-order valence-corrected chi connectivity index (χ4v) is 2.01. The third-order valence-electron chi connectivity index (χ3n) is 3.21. The third-order valence-corrected chi connectivity index (χ3v) is 3.21. The maximum atomic E-state index is 8.76. The summed E-state index contributed by atoms with van der Waals surface area (Å²) in [5, 5.41) is 12.6. The minimum Gasteiger partial charge on any atom is -0.489 e. The van der Waals surface area contributed by atoms with Crippen LogP contribution in [-0.2, 0) is 6.61 Å². The van der Waals surface area contributed by atoms with E-state index in [0.717, 1.165) is 16.9 Å². The number of aromatic nitrogens is 1. The molecule has 0 radical (unpaired) electrons. The Morgan fingerprint density at radius 1 is 1.09 bits per heavy atom. The standard InChI is InChI=1S/C17H13N3O2.ClH/c18-9-12-1-3-13(4-2-12)10-21-15-7-5-14(6-8-15)17-16(19)11-22-20-17;/h1-8,11H,10,19H2;1H. The second kappa shape index (κ2) is 7.34. The normalized spacial score (nSPS) is 9.70. The molecule has 0 saturated heterocycles. The van der Waals surface area contributed by atoms with Crippen molar-refractivity contribution in [2.45, 2.75) is 6.61 Å². The number of nitrogens with two attached hydrogens (primary N) is 1. The predicted octanol–water partition coefficient (Wildman–Crippen LogP) is 3.80. The molecule has 5 nitrogen and oxygen atoms in total. The van der Waals surface area contributed by atoms with Gasteiger partial charge in [-0.2, -0.15) is 5.26 Å². The van der Waals surface area contributed by atoms with Gasteiger partial charge in [0.05, 0.1) is 11.6 Å². The van der Waals surface area contributed by atoms with E-state index in [0.29, 0.717) is 23.6 Å². The summed E-state index contributed by atoms with van der Waals surface area (Å²) in [4.78, 5) is 0. The molecule has 3 aromatic rings. The lowest BCUT2D eigenvalue weighted by Crippen LogP contribution is -1.95. The van der Waals surface area contributed by atoms with Gasteiger partial charge in [-0.25, -0.2) is 0 Å². The molecule has 1 aromatic heterocycles. The zero-order chi connectivity index (χ0) is 15.4. The number of rotatable bonds is 4. The number of nitrogen functional groups attached to an aromatic ring is 1. The molecule has 2 N–H and O–H groups in total. The van der Waals surface area contributed by atoms with Gasteiger partial charge in [-0.15, -0.1) is 12.4 Å². The van der Waals surface area contributed by atoms with Gasteiger partial charge in [0.2, 0.25) is 0 Å². The van der Waals surface area contributed by atoms with Crippen LogP contribution >= 0.6 is 12.4 Å². The van der Waals surface area contributed by atoms with Gasteiger partial charge in [-0.3, -0.25) is 0 Å². The van der Waals surface area contributed by atoms with Crippen molar-refractivity contribution in [3.63, 3.8) is 0 Å². The minimum absolute atomic E-state index is 0. The highest BCUT2D eigenvalue weighted by atomic mass is 35.5. The van der Waals surface area contributed by atoms with E-state index >= 15 is 0 Å². The van der Waals surface area contributed by atoms with Crippen LogP contribution in [0.5, 0.6) is 5.75 Å². The van der Waals surface area contributed by atoms with E-state index in [4.69, 9.17) is 20.3 Å². The number of nitriles is 1. The summed E-state index contributed by atoms with van der Waals surface area (Å²) in [6, 6.07) is 16.9. The first-order valence-electron chi connectivity index (χ1n) is 6.68. The van der Waals surface area contributed by atoms with E-state index in [2.05, 4.69) is 11.2 Å². The Kier molecular flexibility index (Phi) is 5.23. The highest BCUT2D eigenvalue weighted by Gasteiger charge is 2.07. The Balaban J connectivity index is 0.00000192. The molecule has 0 atom stereocenters. The summed E-state index contributed by atoms with van der Waals surface area (Å²) in [5.41, 5.74) is 9.40. The monoisotopic (exact) mass is 327 g/mol. The first-order valence-corrected chi connectivity index (χ1v) is 6.68. The summed E-state index contributed by atoms with van der Waals surface area (Å²) in [6.45, 7) is 0.442. The van der Waals surface area contributed by atoms with Gasteiger partial charge in [0.15, 0.2) is 0 Å². The maximum absolute atomic E-state index is 8.76. The van der Waals surface area contributed by atoms with Crippen LogP contribution in [0.2, 0.25) is 0 Å². The van der Waals surface area contributed by atoms with Crippen molar-refractivity contribution in [1.82, 2.24) is 5.16 Å². The molecule has 6 heteroatoms. The molecule has 0 aliphatic carbocycles. The topological polar surface area (TPSA) is 85.1 Å². The molecule has 0 aliphatic rings. The largest absolute Gasteiger partial charge is 0.489 e. The van der Waals surface area contributed by atoms with Gasteiger partial charge in [0.25, 0.3) is 0 Å². The molecular weight excluding hydrogens is 314 g/mol. The summed E-state index contributed by atoms with van der Waals surface area (Å²) in [6.07, 6.45) is 1.41. The molecule has 116 valence electrons. The van der Waals surface area contributed by atoms with E-state index in [1.54, 1.807) is 12.1 Å². The number of hydrogen-bond acceptors (Lipinski definition) is 5. The van der Waals surface area contributed by atoms with Crippen LogP contribution in [-0.4, -0.2) is 5.16 Å². The number of hydrogen-bond donors (Lipinski definition) is 1. The number of benzene rings is 2. The van der Waals surface area contributed by atoms with Gasteiger partial charge >= 0.3 is 0 Å². The smallest absolute Gasteiger partial charge is 0.147 e. The number of anilines is 1. The summed E-state index contributed by atoms with van der Waals surface area (Å²) < 4.78 is 10.5. The van der Waals surface area contributed by atoms with Crippen molar-refractivity contribution in [2.24, 2.45) is 0 Å². The van der Waals surface area contributed by atoms with Crippen LogP contribution in [0.25, 0.3) is 11.3 Å². The van der Waals surface area contributed by atoms with Gasteiger partial charge in [0, 0.05) is 5.56 Å². The Morgan fingerprint density at radius 2 is 1.78 bits per heavy atom. The van der Waals surface area contributed by atoms with Crippen molar-refractivity contribution in [3.8, 4) is 23.1 Å². The highest BCUT2D eigenvalue weighted by molar-refractivity contribution is 5.85. The molecule has 2 aromatic carbocycles. The van der Waals surface area contributed by atoms with Crippen molar-refractivity contribution in [2.75, 3.05) is 5.73 Å². The van der Waals surface area contributed by atoms with Crippen LogP contribution in [0.4, 0.5) is 5.69 Å². The average Bonchev–Trinajstić information content (AvgIpc) is 3.00. The van der Waals surface area contributed by atoms with E-state index < -0.39 is 0 Å². The summed E-state index contributed by atoms with van der Waals surface area (Å²) >= 11 is 0. The summed E-state index contributed by atoms with van der Waals surface area (Å²) in [7, 11) is 0. The Morgan fingerprint density at radius 3 is 2.35 bits per heavy atom. The van der Waals surface area contributed by atoms with Crippen LogP contribution in [0.3, 0.4) is 0 Å². The molecule has 3 rings (SSSR count). The van der Waals surface area contributed by atoms with Crippen molar-refractivity contribution in [3.05, 3.63) is 65.9 Å². The molecule has 0 fully saturated rings. The van der Waals surface area contributed by atoms with Crippen molar-refractivity contribution in [1.29, 1.82) is 5.26 Å². The van der Waals surface area contributed by atoms with E-state index in [1.165, 1.54) is 6.26 Å². The molecule has 0 aliphatic heterocycles. The lowest BCUT2D eigenvalue weighted by Gasteiger charge is -2.07. The summed E-state index contributed by atoms with van der Waals surface area (Å²) in [5.74, 6) is 0.746. The quantitative estimate of drug-likeness (QED) is 0.787. The van der Waals surface area contributed by atoms with Gasteiger partial charge in [0.1, 0.15) is 30.0 Å². The number of ether oxygens (including phenoxy) is 1. The van der Waals surface area contributed by atoms with Crippen LogP contribution in [0.1, 0.15) is 11.1 Å². The fraction of sp³-hybridized carbons (Fsp3) is 0.0588. The Bertz CT molecular complexity index is 805. The minimum atomic E-state index is 0.